The van der Waals surface area contributed by atoms with E-state index in [2.05, 4.69) is 12.1 Å². The Balaban J connectivity index is 1.79. The molecule has 0 saturated heterocycles. The van der Waals surface area contributed by atoms with Gasteiger partial charge in [0.15, 0.2) is 0 Å². The first-order valence-electron chi connectivity index (χ1n) is 8.39. The van der Waals surface area contributed by atoms with E-state index in [0.29, 0.717) is 0 Å². The fourth-order valence-corrected chi connectivity index (χ4v) is 3.37. The van der Waals surface area contributed by atoms with Gasteiger partial charge < -0.3 is 9.84 Å². The number of hydrogen-bond donors (Lipinski definition) is 1. The Bertz CT molecular complexity index is 756. The Labute approximate surface area is 146 Å². The number of fused-ring (bicyclic) bond motifs is 3. The molecule has 5 nitrogen and oxygen atoms in total. The highest BCUT2D eigenvalue weighted by atomic mass is 16.6. The molecular weight excluding hydrogens is 318 g/mol. The Morgan fingerprint density at radius 2 is 1.60 bits per heavy atom. The van der Waals surface area contributed by atoms with Crippen molar-refractivity contribution in [1.82, 2.24) is 4.90 Å². The SMILES string of the molecule is CCN(C(=O)OCC1c2ccccc2-c2ccccc21)C(C)C(=O)O. The minimum absolute atomic E-state index is 0.0322. The molecule has 1 aliphatic carbocycles. The van der Waals surface area contributed by atoms with Crippen LogP contribution in [0.4, 0.5) is 4.79 Å². The van der Waals surface area contributed by atoms with Crippen molar-refractivity contribution < 1.29 is 19.4 Å². The van der Waals surface area contributed by atoms with Gasteiger partial charge in [0.25, 0.3) is 0 Å². The molecule has 0 heterocycles. The molecule has 1 aliphatic rings. The summed E-state index contributed by atoms with van der Waals surface area (Å²) in [4.78, 5) is 24.7. The van der Waals surface area contributed by atoms with E-state index in [1.165, 1.54) is 11.8 Å². The van der Waals surface area contributed by atoms with Gasteiger partial charge in [-0.2, -0.15) is 0 Å². The second kappa shape index (κ2) is 6.97. The number of hydrogen-bond acceptors (Lipinski definition) is 3. The van der Waals surface area contributed by atoms with Gasteiger partial charge in [0.1, 0.15) is 12.6 Å². The molecule has 3 rings (SSSR count). The van der Waals surface area contributed by atoms with E-state index in [0.717, 1.165) is 22.3 Å². The van der Waals surface area contributed by atoms with E-state index in [9.17, 15) is 9.59 Å². The number of amides is 1. The first kappa shape index (κ1) is 17.0. The summed E-state index contributed by atoms with van der Waals surface area (Å²) in [5, 5.41) is 9.12. The van der Waals surface area contributed by atoms with Gasteiger partial charge >= 0.3 is 12.1 Å². The molecule has 0 aromatic heterocycles. The number of ether oxygens (including phenoxy) is 1. The lowest BCUT2D eigenvalue weighted by molar-refractivity contribution is -0.142. The molecule has 1 N–H and O–H groups in total. The van der Waals surface area contributed by atoms with Gasteiger partial charge in [-0.1, -0.05) is 48.5 Å². The molecule has 0 radical (unpaired) electrons. The Hall–Kier alpha value is -2.82. The molecule has 25 heavy (non-hydrogen) atoms. The van der Waals surface area contributed by atoms with Gasteiger partial charge in [0.05, 0.1) is 0 Å². The zero-order valence-electron chi connectivity index (χ0n) is 14.3. The highest BCUT2D eigenvalue weighted by Gasteiger charge is 2.31. The van der Waals surface area contributed by atoms with E-state index in [1.54, 1.807) is 6.92 Å². The summed E-state index contributed by atoms with van der Waals surface area (Å²) in [6.45, 7) is 3.69. The predicted molar refractivity (Wildman–Crippen MR) is 94.5 cm³/mol. The van der Waals surface area contributed by atoms with E-state index in [1.807, 2.05) is 36.4 Å². The Kier molecular flexibility index (Phi) is 4.74. The maximum atomic E-state index is 12.3. The van der Waals surface area contributed by atoms with Crippen LogP contribution in [0.25, 0.3) is 11.1 Å². The van der Waals surface area contributed by atoms with Crippen molar-refractivity contribution in [3.05, 3.63) is 59.7 Å². The van der Waals surface area contributed by atoms with Gasteiger partial charge in [-0.25, -0.2) is 9.59 Å². The molecular formula is C20H21NO4. The molecule has 0 bridgehead atoms. The largest absolute Gasteiger partial charge is 0.480 e. The van der Waals surface area contributed by atoms with Crippen molar-refractivity contribution in [2.24, 2.45) is 0 Å². The number of carboxylic acid groups (broad SMARTS) is 1. The number of aliphatic carboxylic acids is 1. The van der Waals surface area contributed by atoms with E-state index in [-0.39, 0.29) is 19.1 Å². The highest BCUT2D eigenvalue weighted by molar-refractivity contribution is 5.80. The number of nitrogens with zero attached hydrogens (tertiary/aromatic N) is 1. The van der Waals surface area contributed by atoms with Crippen LogP contribution < -0.4 is 0 Å². The minimum Gasteiger partial charge on any atom is -0.480 e. The zero-order valence-corrected chi connectivity index (χ0v) is 14.3. The first-order valence-corrected chi connectivity index (χ1v) is 8.39. The van der Waals surface area contributed by atoms with Crippen molar-refractivity contribution in [2.75, 3.05) is 13.2 Å². The van der Waals surface area contributed by atoms with Crippen LogP contribution in [0.3, 0.4) is 0 Å². The number of carboxylic acids is 1. The first-order chi connectivity index (χ1) is 12.0. The predicted octanol–water partition coefficient (Wildman–Crippen LogP) is 3.73. The molecule has 5 heteroatoms. The average molecular weight is 339 g/mol. The maximum absolute atomic E-state index is 12.3. The topological polar surface area (TPSA) is 66.8 Å². The second-order valence-electron chi connectivity index (χ2n) is 6.10. The molecule has 0 fully saturated rings. The molecule has 2 aromatic carbocycles. The standard InChI is InChI=1S/C20H21NO4/c1-3-21(13(2)19(22)23)20(24)25-12-18-16-10-6-4-8-14(16)15-9-5-7-11-17(15)18/h4-11,13,18H,3,12H2,1-2H3,(H,22,23). The second-order valence-corrected chi connectivity index (χ2v) is 6.10. The van der Waals surface area contributed by atoms with E-state index in [4.69, 9.17) is 9.84 Å². The van der Waals surface area contributed by atoms with Crippen LogP contribution in [0.15, 0.2) is 48.5 Å². The highest BCUT2D eigenvalue weighted by Crippen LogP contribution is 2.44. The maximum Gasteiger partial charge on any atom is 0.410 e. The lowest BCUT2D eigenvalue weighted by Gasteiger charge is -2.25. The smallest absolute Gasteiger partial charge is 0.410 e. The lowest BCUT2D eigenvalue weighted by atomic mass is 9.98. The van der Waals surface area contributed by atoms with E-state index < -0.39 is 18.1 Å². The fraction of sp³-hybridized carbons (Fsp3) is 0.300. The molecule has 0 saturated carbocycles. The lowest BCUT2D eigenvalue weighted by Crippen LogP contribution is -2.43. The summed E-state index contributed by atoms with van der Waals surface area (Å²) in [5.41, 5.74) is 4.58. The van der Waals surface area contributed by atoms with Crippen molar-refractivity contribution in [1.29, 1.82) is 0 Å². The van der Waals surface area contributed by atoms with Crippen LogP contribution in [0, 0.1) is 0 Å². The number of likely N-dealkylation sites (N-methyl/N-ethyl adjacent to an activating group) is 1. The third-order valence-electron chi connectivity index (χ3n) is 4.74. The summed E-state index contributed by atoms with van der Waals surface area (Å²) in [6.07, 6.45) is -0.598. The number of carbonyl (C=O) groups is 2. The van der Waals surface area contributed by atoms with Crippen LogP contribution in [0.2, 0.25) is 0 Å². The molecule has 1 amide bonds. The average Bonchev–Trinajstić information content (AvgIpc) is 2.94. The summed E-state index contributed by atoms with van der Waals surface area (Å²) >= 11 is 0. The summed E-state index contributed by atoms with van der Waals surface area (Å²) in [5.74, 6) is -1.08. The quantitative estimate of drug-likeness (QED) is 0.901. The van der Waals surface area contributed by atoms with Gasteiger partial charge in [-0.05, 0) is 36.1 Å². The number of rotatable bonds is 5. The zero-order chi connectivity index (χ0) is 18.0. The van der Waals surface area contributed by atoms with Crippen LogP contribution in [-0.2, 0) is 9.53 Å². The summed E-state index contributed by atoms with van der Waals surface area (Å²) < 4.78 is 5.49. The van der Waals surface area contributed by atoms with Crippen LogP contribution in [0.5, 0.6) is 0 Å². The van der Waals surface area contributed by atoms with Crippen molar-refractivity contribution in [3.63, 3.8) is 0 Å². The third-order valence-corrected chi connectivity index (χ3v) is 4.74. The summed E-state index contributed by atoms with van der Waals surface area (Å²) in [6, 6.07) is 15.3. The van der Waals surface area contributed by atoms with Gasteiger partial charge in [-0.15, -0.1) is 0 Å². The molecule has 0 spiro atoms. The van der Waals surface area contributed by atoms with Crippen LogP contribution in [0.1, 0.15) is 30.9 Å². The molecule has 1 atom stereocenters. The molecule has 2 aromatic rings. The summed E-state index contributed by atoms with van der Waals surface area (Å²) in [7, 11) is 0. The van der Waals surface area contributed by atoms with Crippen molar-refractivity contribution in [3.8, 4) is 11.1 Å². The third kappa shape index (κ3) is 3.09. The molecule has 1 unspecified atom stereocenters. The minimum atomic E-state index is -1.05. The van der Waals surface area contributed by atoms with Gasteiger partial charge in [0, 0.05) is 12.5 Å². The van der Waals surface area contributed by atoms with Crippen LogP contribution >= 0.6 is 0 Å². The normalized spacial score (nSPS) is 13.7. The molecule has 130 valence electrons. The Morgan fingerprint density at radius 1 is 1.08 bits per heavy atom. The van der Waals surface area contributed by atoms with Gasteiger partial charge in [-0.3, -0.25) is 4.90 Å². The molecule has 0 aliphatic heterocycles. The van der Waals surface area contributed by atoms with Crippen molar-refractivity contribution in [2.45, 2.75) is 25.8 Å². The van der Waals surface area contributed by atoms with Crippen molar-refractivity contribution >= 4 is 12.1 Å². The van der Waals surface area contributed by atoms with Gasteiger partial charge in [0.2, 0.25) is 0 Å². The van der Waals surface area contributed by atoms with Crippen LogP contribution in [-0.4, -0.2) is 41.3 Å². The monoisotopic (exact) mass is 339 g/mol. The van der Waals surface area contributed by atoms with E-state index >= 15 is 0 Å². The Morgan fingerprint density at radius 3 is 2.08 bits per heavy atom. The number of benzene rings is 2. The fourth-order valence-electron chi connectivity index (χ4n) is 3.37. The number of carbonyl (C=O) groups excluding carboxylic acids is 1.